The summed E-state index contributed by atoms with van der Waals surface area (Å²) in [5.41, 5.74) is 0.534. The van der Waals surface area contributed by atoms with Crippen LogP contribution in [0.15, 0.2) is 16.7 Å². The van der Waals surface area contributed by atoms with Gasteiger partial charge >= 0.3 is 0 Å². The number of nitrogens with zero attached hydrogens (tertiary/aromatic N) is 1. The molecule has 0 atom stereocenters. The second-order valence-corrected chi connectivity index (χ2v) is 5.21. The Bertz CT molecular complexity index is 443. The van der Waals surface area contributed by atoms with Crippen molar-refractivity contribution in [3.8, 4) is 0 Å². The maximum atomic E-state index is 12.2. The Morgan fingerprint density at radius 3 is 2.90 bits per heavy atom. The number of halogens is 1. The molecule has 1 aromatic rings. The molecule has 0 aromatic carbocycles. The number of anilines is 1. The fraction of sp³-hybridized carbons (Fsp3) is 0.571. The van der Waals surface area contributed by atoms with E-state index in [1.807, 2.05) is 6.92 Å². The van der Waals surface area contributed by atoms with E-state index in [1.165, 1.54) is 0 Å². The van der Waals surface area contributed by atoms with E-state index < -0.39 is 0 Å². The van der Waals surface area contributed by atoms with Crippen LogP contribution in [-0.4, -0.2) is 50.9 Å². The van der Waals surface area contributed by atoms with Crippen LogP contribution in [0.1, 0.15) is 23.7 Å². The lowest BCUT2D eigenvalue weighted by Gasteiger charge is -2.10. The number of hydrogen-bond acceptors (Lipinski definition) is 5. The van der Waals surface area contributed by atoms with E-state index in [-0.39, 0.29) is 5.91 Å². The standard InChI is InChI=1S/C14H22BrN3O3/c1-3-16-13-12(9-11(15)10-18-13)14(19)17-5-4-6-21-8-7-20-2/h9-10H,3-8H2,1-2H3,(H,16,18)(H,17,19). The molecule has 0 radical (unpaired) electrons. The first-order valence-electron chi connectivity index (χ1n) is 6.93. The fourth-order valence-electron chi connectivity index (χ4n) is 1.64. The van der Waals surface area contributed by atoms with E-state index in [1.54, 1.807) is 19.4 Å². The largest absolute Gasteiger partial charge is 0.382 e. The molecular weight excluding hydrogens is 338 g/mol. The summed E-state index contributed by atoms with van der Waals surface area (Å²) in [6.45, 7) is 4.99. The number of ether oxygens (including phenoxy) is 2. The minimum atomic E-state index is -0.142. The first kappa shape index (κ1) is 17.9. The lowest BCUT2D eigenvalue weighted by Crippen LogP contribution is -2.26. The zero-order valence-electron chi connectivity index (χ0n) is 12.4. The van der Waals surface area contributed by atoms with Crippen molar-refractivity contribution < 1.29 is 14.3 Å². The Morgan fingerprint density at radius 2 is 2.19 bits per heavy atom. The van der Waals surface area contributed by atoms with Gasteiger partial charge in [0.1, 0.15) is 5.82 Å². The van der Waals surface area contributed by atoms with Crippen LogP contribution in [0.4, 0.5) is 5.82 Å². The van der Waals surface area contributed by atoms with Crippen LogP contribution in [0.2, 0.25) is 0 Å². The van der Waals surface area contributed by atoms with E-state index in [4.69, 9.17) is 9.47 Å². The molecule has 0 bridgehead atoms. The predicted octanol–water partition coefficient (Wildman–Crippen LogP) is 2.06. The maximum absolute atomic E-state index is 12.2. The Kier molecular flexibility index (Phi) is 8.96. The first-order valence-corrected chi connectivity index (χ1v) is 7.72. The average molecular weight is 360 g/mol. The number of hydrogen-bond donors (Lipinski definition) is 2. The second-order valence-electron chi connectivity index (χ2n) is 4.29. The van der Waals surface area contributed by atoms with Gasteiger partial charge in [0.25, 0.3) is 5.91 Å². The van der Waals surface area contributed by atoms with E-state index >= 15 is 0 Å². The summed E-state index contributed by atoms with van der Waals surface area (Å²) >= 11 is 3.33. The molecule has 1 heterocycles. The average Bonchev–Trinajstić information content (AvgIpc) is 2.48. The highest BCUT2D eigenvalue weighted by Crippen LogP contribution is 2.17. The number of pyridine rings is 1. The van der Waals surface area contributed by atoms with Crippen LogP contribution in [-0.2, 0) is 9.47 Å². The molecule has 6 nitrogen and oxygen atoms in total. The number of rotatable bonds is 10. The summed E-state index contributed by atoms with van der Waals surface area (Å²) < 4.78 is 11.0. The van der Waals surface area contributed by atoms with Gasteiger partial charge in [0.05, 0.1) is 18.8 Å². The SMILES string of the molecule is CCNc1ncc(Br)cc1C(=O)NCCCOCCOC. The van der Waals surface area contributed by atoms with E-state index in [2.05, 4.69) is 31.5 Å². The molecule has 0 aliphatic rings. The van der Waals surface area contributed by atoms with Crippen LogP contribution >= 0.6 is 15.9 Å². The highest BCUT2D eigenvalue weighted by atomic mass is 79.9. The van der Waals surface area contributed by atoms with Gasteiger partial charge in [-0.25, -0.2) is 4.98 Å². The Hall–Kier alpha value is -1.18. The Labute approximate surface area is 133 Å². The molecule has 0 spiro atoms. The van der Waals surface area contributed by atoms with Crippen molar-refractivity contribution in [2.45, 2.75) is 13.3 Å². The molecular formula is C14H22BrN3O3. The van der Waals surface area contributed by atoms with Gasteiger partial charge < -0.3 is 20.1 Å². The highest BCUT2D eigenvalue weighted by molar-refractivity contribution is 9.10. The third-order valence-electron chi connectivity index (χ3n) is 2.63. The van der Waals surface area contributed by atoms with Crippen molar-refractivity contribution in [3.05, 3.63) is 22.3 Å². The second kappa shape index (κ2) is 10.5. The van der Waals surface area contributed by atoms with Crippen LogP contribution in [0.25, 0.3) is 0 Å². The Balaban J connectivity index is 2.39. The number of amides is 1. The lowest BCUT2D eigenvalue weighted by atomic mass is 10.2. The van der Waals surface area contributed by atoms with Crippen LogP contribution in [0.3, 0.4) is 0 Å². The van der Waals surface area contributed by atoms with Gasteiger partial charge in [-0.2, -0.15) is 0 Å². The van der Waals surface area contributed by atoms with Gasteiger partial charge in [-0.3, -0.25) is 4.79 Å². The molecule has 21 heavy (non-hydrogen) atoms. The normalized spacial score (nSPS) is 10.4. The van der Waals surface area contributed by atoms with Gasteiger partial charge in [0.15, 0.2) is 0 Å². The predicted molar refractivity (Wildman–Crippen MR) is 85.7 cm³/mol. The fourth-order valence-corrected chi connectivity index (χ4v) is 1.97. The van der Waals surface area contributed by atoms with E-state index in [0.717, 1.165) is 10.9 Å². The molecule has 1 amide bonds. The summed E-state index contributed by atoms with van der Waals surface area (Å²) in [6.07, 6.45) is 2.42. The third kappa shape index (κ3) is 6.88. The smallest absolute Gasteiger partial charge is 0.255 e. The number of nitrogens with one attached hydrogen (secondary N) is 2. The van der Waals surface area contributed by atoms with Crippen LogP contribution < -0.4 is 10.6 Å². The van der Waals surface area contributed by atoms with Crippen LogP contribution in [0, 0.1) is 0 Å². The molecule has 1 aromatic heterocycles. The Morgan fingerprint density at radius 1 is 1.38 bits per heavy atom. The zero-order valence-corrected chi connectivity index (χ0v) is 14.0. The van der Waals surface area contributed by atoms with Crippen molar-refractivity contribution in [1.29, 1.82) is 0 Å². The van der Waals surface area contributed by atoms with Crippen LogP contribution in [0.5, 0.6) is 0 Å². The first-order chi connectivity index (χ1) is 10.2. The number of methoxy groups -OCH3 is 1. The summed E-state index contributed by atoms with van der Waals surface area (Å²) in [5, 5.41) is 5.94. The van der Waals surface area contributed by atoms with Gasteiger partial charge in [-0.05, 0) is 35.3 Å². The molecule has 118 valence electrons. The summed E-state index contributed by atoms with van der Waals surface area (Å²) in [5.74, 6) is 0.450. The topological polar surface area (TPSA) is 72.5 Å². The molecule has 0 saturated carbocycles. The maximum Gasteiger partial charge on any atom is 0.255 e. The number of carbonyl (C=O) groups is 1. The highest BCUT2D eigenvalue weighted by Gasteiger charge is 2.12. The summed E-state index contributed by atoms with van der Waals surface area (Å²) in [4.78, 5) is 16.4. The summed E-state index contributed by atoms with van der Waals surface area (Å²) in [7, 11) is 1.64. The van der Waals surface area contributed by atoms with Crippen molar-refractivity contribution in [3.63, 3.8) is 0 Å². The van der Waals surface area contributed by atoms with Gasteiger partial charge in [0, 0.05) is 37.5 Å². The number of carbonyl (C=O) groups excluding carboxylic acids is 1. The van der Waals surface area contributed by atoms with E-state index in [9.17, 15) is 4.79 Å². The third-order valence-corrected chi connectivity index (χ3v) is 3.06. The van der Waals surface area contributed by atoms with Gasteiger partial charge in [0.2, 0.25) is 0 Å². The zero-order chi connectivity index (χ0) is 15.5. The minimum Gasteiger partial charge on any atom is -0.382 e. The van der Waals surface area contributed by atoms with Gasteiger partial charge in [-0.15, -0.1) is 0 Å². The lowest BCUT2D eigenvalue weighted by molar-refractivity contribution is 0.0688. The molecule has 0 fully saturated rings. The molecule has 1 rings (SSSR count). The van der Waals surface area contributed by atoms with E-state index in [0.29, 0.717) is 44.3 Å². The molecule has 0 aliphatic carbocycles. The minimum absolute atomic E-state index is 0.142. The summed E-state index contributed by atoms with van der Waals surface area (Å²) in [6, 6.07) is 1.76. The monoisotopic (exact) mass is 359 g/mol. The van der Waals surface area contributed by atoms with Gasteiger partial charge in [-0.1, -0.05) is 0 Å². The quantitative estimate of drug-likeness (QED) is 0.625. The molecule has 2 N–H and O–H groups in total. The van der Waals surface area contributed by atoms with Crippen molar-refractivity contribution in [1.82, 2.24) is 10.3 Å². The molecule has 0 aliphatic heterocycles. The molecule has 0 saturated heterocycles. The number of aromatic nitrogens is 1. The van der Waals surface area contributed by atoms with Crippen molar-refractivity contribution in [2.75, 3.05) is 45.3 Å². The molecule has 0 unspecified atom stereocenters. The van der Waals surface area contributed by atoms with Crippen molar-refractivity contribution in [2.24, 2.45) is 0 Å². The molecule has 7 heteroatoms. The van der Waals surface area contributed by atoms with Crippen molar-refractivity contribution >= 4 is 27.7 Å².